The van der Waals surface area contributed by atoms with Crippen molar-refractivity contribution in [3.05, 3.63) is 118 Å². The highest BCUT2D eigenvalue weighted by Gasteiger charge is 2.35. The number of hydrogen-bond acceptors (Lipinski definition) is 12. The van der Waals surface area contributed by atoms with Gasteiger partial charge in [0.1, 0.15) is 37.2 Å². The Morgan fingerprint density at radius 3 is 1.70 bits per heavy atom. The van der Waals surface area contributed by atoms with Crippen LogP contribution in [-0.4, -0.2) is 80.9 Å². The number of aliphatic hydroxyl groups excluding tert-OH is 1. The van der Waals surface area contributed by atoms with Crippen molar-refractivity contribution in [3.8, 4) is 11.5 Å². The number of allylic oxidation sites excluding steroid dienone is 4. The number of Topliss-reactive ketones (excluding diaryl/α,β-unsaturated/α-hetero) is 1. The lowest BCUT2D eigenvalue weighted by Crippen LogP contribution is -2.34. The second-order valence-electron chi connectivity index (χ2n) is 26.2. The van der Waals surface area contributed by atoms with Gasteiger partial charge in [0.15, 0.2) is 11.5 Å². The van der Waals surface area contributed by atoms with Gasteiger partial charge in [0, 0.05) is 60.4 Å². The van der Waals surface area contributed by atoms with E-state index in [0.29, 0.717) is 43.3 Å². The maximum atomic E-state index is 11.7. The van der Waals surface area contributed by atoms with Crippen molar-refractivity contribution in [1.29, 1.82) is 0 Å². The zero-order valence-electron chi connectivity index (χ0n) is 57.1. The normalized spacial score (nSPS) is 18.0. The largest absolute Gasteiger partial charge is 0.469 e. The van der Waals surface area contributed by atoms with Crippen LogP contribution in [0.5, 0.6) is 11.5 Å². The molecule has 0 radical (unpaired) electrons. The number of carbonyl (C=O) groups excluding carboxylic acids is 7. The average Bonchev–Trinajstić information content (AvgIpc) is 3.55. The molecule has 488 valence electrons. The molecule has 2 N–H and O–H groups in total. The number of fused-ring (bicyclic) bond motifs is 1. The Bertz CT molecular complexity index is 2450. The molecule has 9 unspecified atom stereocenters. The Labute approximate surface area is 527 Å². The molecular formula is C75H117NO11. The molecule has 2 aliphatic carbocycles. The van der Waals surface area contributed by atoms with Crippen molar-refractivity contribution in [2.45, 2.75) is 231 Å². The van der Waals surface area contributed by atoms with Gasteiger partial charge in [-0.15, -0.1) is 0 Å². The van der Waals surface area contributed by atoms with Crippen LogP contribution in [0.15, 0.2) is 90.0 Å². The van der Waals surface area contributed by atoms with Gasteiger partial charge in [0.25, 0.3) is 0 Å². The summed E-state index contributed by atoms with van der Waals surface area (Å²) in [5.74, 6) is 3.92. The van der Waals surface area contributed by atoms with Gasteiger partial charge in [0.05, 0.1) is 13.7 Å². The highest BCUT2D eigenvalue weighted by atomic mass is 16.7. The molecule has 0 amide bonds. The lowest BCUT2D eigenvalue weighted by molar-refractivity contribution is -0.142. The van der Waals surface area contributed by atoms with Crippen molar-refractivity contribution < 1.29 is 52.9 Å². The monoisotopic (exact) mass is 1210 g/mol. The van der Waals surface area contributed by atoms with Crippen LogP contribution < -0.4 is 14.8 Å². The summed E-state index contributed by atoms with van der Waals surface area (Å²) in [5.41, 5.74) is 9.25. The van der Waals surface area contributed by atoms with Gasteiger partial charge in [0.2, 0.25) is 6.79 Å². The number of aldehydes is 5. The Hall–Kier alpha value is -5.85. The number of ketones is 1. The van der Waals surface area contributed by atoms with E-state index in [1.165, 1.54) is 53.4 Å². The molecule has 1 saturated carbocycles. The Kier molecular flexibility index (Phi) is 43.2. The SMILES string of the molecule is CC(C)=CCCC(C)C=O.CC(C)NC(C)CO.CC(C=O)Cc1ccc(C(C)(C)C)cc1.CC(C=O)Cc1ccc(C(C)C)cc1.CC(C=O)Cc1ccc2c(c1)OCO2.CC1=CC(C)C(C=O)CC1.CCCCCC1C(=O)CCC1CC(=O)OC. The lowest BCUT2D eigenvalue weighted by atomic mass is 9.83. The third kappa shape index (κ3) is 37.6. The lowest BCUT2D eigenvalue weighted by Gasteiger charge is -2.21. The summed E-state index contributed by atoms with van der Waals surface area (Å²) in [6.45, 7) is 35.9. The van der Waals surface area contributed by atoms with Crippen molar-refractivity contribution in [3.63, 3.8) is 0 Å². The number of methoxy groups -OCH3 is 1. The topological polar surface area (TPSA) is 179 Å². The van der Waals surface area contributed by atoms with E-state index in [1.54, 1.807) is 0 Å². The molecule has 9 atom stereocenters. The van der Waals surface area contributed by atoms with Crippen LogP contribution >= 0.6 is 0 Å². The minimum Gasteiger partial charge on any atom is -0.469 e. The maximum Gasteiger partial charge on any atom is 0.305 e. The van der Waals surface area contributed by atoms with E-state index in [9.17, 15) is 33.6 Å². The van der Waals surface area contributed by atoms with E-state index < -0.39 is 0 Å². The molecule has 0 aromatic heterocycles. The molecule has 0 saturated heterocycles. The minimum absolute atomic E-state index is 0.0513. The first-order valence-electron chi connectivity index (χ1n) is 32.2. The van der Waals surface area contributed by atoms with Crippen LogP contribution in [0.4, 0.5) is 0 Å². The fraction of sp³-hybridized carbons (Fsp3) is 0.613. The molecule has 87 heavy (non-hydrogen) atoms. The first-order chi connectivity index (χ1) is 41.1. The van der Waals surface area contributed by atoms with Gasteiger partial charge in [-0.05, 0) is 149 Å². The zero-order valence-corrected chi connectivity index (χ0v) is 57.1. The summed E-state index contributed by atoms with van der Waals surface area (Å²) >= 11 is 0. The van der Waals surface area contributed by atoms with Crippen LogP contribution in [0.1, 0.15) is 222 Å². The number of nitrogens with one attached hydrogen (secondary N) is 1. The molecule has 12 nitrogen and oxygen atoms in total. The second-order valence-corrected chi connectivity index (χ2v) is 26.2. The molecule has 1 aliphatic heterocycles. The van der Waals surface area contributed by atoms with Gasteiger partial charge in [-0.25, -0.2) is 0 Å². The predicted octanol–water partition coefficient (Wildman–Crippen LogP) is 16.2. The molecule has 3 aromatic carbocycles. The van der Waals surface area contributed by atoms with Crippen LogP contribution in [0.2, 0.25) is 0 Å². The third-order valence-corrected chi connectivity index (χ3v) is 15.4. The molecular weight excluding hydrogens is 1090 g/mol. The molecule has 12 heteroatoms. The summed E-state index contributed by atoms with van der Waals surface area (Å²) in [4.78, 5) is 75.0. The van der Waals surface area contributed by atoms with Gasteiger partial charge in [-0.1, -0.05) is 187 Å². The van der Waals surface area contributed by atoms with E-state index in [2.05, 4.69) is 154 Å². The highest BCUT2D eigenvalue weighted by molar-refractivity contribution is 5.84. The number of benzene rings is 3. The second kappa shape index (κ2) is 46.3. The fourth-order valence-electron chi connectivity index (χ4n) is 9.87. The van der Waals surface area contributed by atoms with Crippen LogP contribution in [0, 0.1) is 47.3 Å². The molecule has 0 spiro atoms. The molecule has 3 aromatic rings. The third-order valence-electron chi connectivity index (χ3n) is 15.4. The van der Waals surface area contributed by atoms with Gasteiger partial charge >= 0.3 is 5.97 Å². The highest BCUT2D eigenvalue weighted by Crippen LogP contribution is 2.36. The number of aliphatic hydroxyl groups is 1. The quantitative estimate of drug-likeness (QED) is 0.0376. The Balaban J connectivity index is 0.00000100. The van der Waals surface area contributed by atoms with E-state index in [4.69, 9.17) is 14.6 Å². The van der Waals surface area contributed by atoms with Crippen molar-refractivity contribution in [1.82, 2.24) is 5.32 Å². The van der Waals surface area contributed by atoms with E-state index in [0.717, 1.165) is 113 Å². The number of unbranched alkanes of at least 4 members (excludes halogenated alkanes) is 2. The molecule has 1 heterocycles. The number of ether oxygens (including phenoxy) is 3. The number of rotatable bonds is 24. The Morgan fingerprint density at radius 1 is 0.724 bits per heavy atom. The van der Waals surface area contributed by atoms with Crippen molar-refractivity contribution in [2.24, 2.45) is 47.3 Å². The first-order valence-corrected chi connectivity index (χ1v) is 32.2. The number of hydrogen-bond donors (Lipinski definition) is 2. The smallest absolute Gasteiger partial charge is 0.305 e. The number of carbonyl (C=O) groups is 7. The predicted molar refractivity (Wildman–Crippen MR) is 357 cm³/mol. The fourth-order valence-corrected chi connectivity index (χ4v) is 9.87. The molecule has 1 fully saturated rings. The Morgan fingerprint density at radius 2 is 1.25 bits per heavy atom. The standard InChI is InChI=1S/C14H20O.C13H22O3.C13H18O.C11H12O3.C9H14O.C9H16O.C6H15NO/c1-11(10-15)9-12-5-7-13(8-6-12)14(2,3)4;1-3-4-5-6-11-10(7-8-12(11)14)9-13(15)16-2;1-10(2)13-6-4-12(5-7-13)8-11(3)9-14;1-8(6-12)4-9-2-3-10-11(5-9)14-7-13-10;1-7-3-4-9(6-10)8(2)5-7;1-8(2)5-4-6-9(3)7-10;1-5(2)7-6(3)4-8/h5-8,10-11H,9H2,1-4H3;10-11H,3-9H2,1-2H3;4-7,9-11H,8H2,1-3H3;2-3,5-6,8H,4,7H2,1H3;5-6,8-9H,3-4H2,1-2H3;5,7,9H,4,6H2,1-3H3;5-8H,4H2,1-3H3. The van der Waals surface area contributed by atoms with Gasteiger partial charge in [-0.2, -0.15) is 0 Å². The first kappa shape index (κ1) is 81.2. The molecule has 0 bridgehead atoms. The van der Waals surface area contributed by atoms with Gasteiger partial charge < -0.3 is 48.6 Å². The van der Waals surface area contributed by atoms with Gasteiger partial charge in [-0.3, -0.25) is 9.59 Å². The summed E-state index contributed by atoms with van der Waals surface area (Å²) in [5, 5.41) is 11.7. The van der Waals surface area contributed by atoms with Crippen molar-refractivity contribution in [2.75, 3.05) is 20.5 Å². The maximum absolute atomic E-state index is 11.7. The summed E-state index contributed by atoms with van der Waals surface area (Å²) in [6, 6.07) is 23.6. The van der Waals surface area contributed by atoms with Crippen molar-refractivity contribution >= 4 is 43.2 Å². The van der Waals surface area contributed by atoms with E-state index in [-0.39, 0.29) is 65.5 Å². The van der Waals surface area contributed by atoms with Crippen LogP contribution in [0.25, 0.3) is 0 Å². The molecule has 6 rings (SSSR count). The summed E-state index contributed by atoms with van der Waals surface area (Å²) in [7, 11) is 1.41. The van der Waals surface area contributed by atoms with E-state index >= 15 is 0 Å². The summed E-state index contributed by atoms with van der Waals surface area (Å²) < 4.78 is 15.1. The summed E-state index contributed by atoms with van der Waals surface area (Å²) in [6.07, 6.45) is 22.4. The zero-order chi connectivity index (χ0) is 66.1. The number of esters is 1. The molecule has 3 aliphatic rings. The van der Waals surface area contributed by atoms with Crippen LogP contribution in [0.3, 0.4) is 0 Å². The van der Waals surface area contributed by atoms with Crippen LogP contribution in [-0.2, 0) is 63.0 Å². The van der Waals surface area contributed by atoms with E-state index in [1.807, 2.05) is 52.8 Å². The minimum atomic E-state index is -0.180. The average molecular weight is 1210 g/mol.